The van der Waals surface area contributed by atoms with Crippen molar-refractivity contribution >= 4 is 19.8 Å². The minimum absolute atomic E-state index is 0.0293. The quantitative estimate of drug-likeness (QED) is 0.0162. The van der Waals surface area contributed by atoms with Crippen LogP contribution < -0.4 is 4.89 Å². The zero-order valence-electron chi connectivity index (χ0n) is 37.0. The minimum Gasteiger partial charge on any atom is -0.756 e. The number of carbonyl (C=O) groups is 2. The monoisotopic (exact) mass is 844 g/mol. The summed E-state index contributed by atoms with van der Waals surface area (Å²) in [5.41, 5.74) is 0. The molecule has 0 spiro atoms. The fraction of sp³-hybridized carbons (Fsp3) is 0.583. The second-order valence-electron chi connectivity index (χ2n) is 15.2. The molecular weight excluding hydrogens is 766 g/mol. The van der Waals surface area contributed by atoms with E-state index in [1.54, 1.807) is 12.2 Å². The smallest absolute Gasteiger partial charge is 0.306 e. The van der Waals surface area contributed by atoms with Gasteiger partial charge in [-0.25, -0.2) is 0 Å². The first-order chi connectivity index (χ1) is 28.4. The van der Waals surface area contributed by atoms with Crippen LogP contribution in [-0.4, -0.2) is 81.2 Å². The molecule has 0 aromatic carbocycles. The molecular formula is C48H78NO9P. The maximum Gasteiger partial charge on any atom is 0.306 e. The van der Waals surface area contributed by atoms with Crippen LogP contribution >= 0.6 is 7.82 Å². The molecule has 3 atom stereocenters. The number of unbranched alkanes of at least 4 members (excludes halogenated alkanes) is 4. The molecule has 0 fully saturated rings. The molecule has 0 amide bonds. The molecule has 59 heavy (non-hydrogen) atoms. The number of aliphatic hydroxyl groups excluding tert-OH is 1. The molecule has 0 aromatic rings. The number of hydrogen-bond acceptors (Lipinski definition) is 9. The molecule has 0 bridgehead atoms. The van der Waals surface area contributed by atoms with Crippen LogP contribution in [0, 0.1) is 0 Å². The van der Waals surface area contributed by atoms with E-state index in [9.17, 15) is 24.2 Å². The van der Waals surface area contributed by atoms with Crippen LogP contribution in [0.15, 0.2) is 109 Å². The number of phosphoric acid groups is 1. The summed E-state index contributed by atoms with van der Waals surface area (Å²) >= 11 is 0. The van der Waals surface area contributed by atoms with Crippen molar-refractivity contribution in [2.75, 3.05) is 47.5 Å². The van der Waals surface area contributed by atoms with Gasteiger partial charge >= 0.3 is 11.9 Å². The van der Waals surface area contributed by atoms with Gasteiger partial charge in [0.25, 0.3) is 7.82 Å². The van der Waals surface area contributed by atoms with Crippen LogP contribution in [0.5, 0.6) is 0 Å². The second-order valence-corrected chi connectivity index (χ2v) is 16.6. The van der Waals surface area contributed by atoms with Crippen LogP contribution in [-0.2, 0) is 32.7 Å². The van der Waals surface area contributed by atoms with Gasteiger partial charge in [-0.1, -0.05) is 136 Å². The van der Waals surface area contributed by atoms with Crippen LogP contribution in [0.2, 0.25) is 0 Å². The van der Waals surface area contributed by atoms with Crippen LogP contribution in [0.3, 0.4) is 0 Å². The number of quaternary nitrogens is 1. The van der Waals surface area contributed by atoms with Crippen molar-refractivity contribution < 1.29 is 47.2 Å². The van der Waals surface area contributed by atoms with E-state index in [1.165, 1.54) is 19.3 Å². The Hall–Kier alpha value is -3.37. The Morgan fingerprint density at radius 2 is 1.17 bits per heavy atom. The van der Waals surface area contributed by atoms with E-state index >= 15 is 0 Å². The van der Waals surface area contributed by atoms with Crippen molar-refractivity contribution in [1.82, 2.24) is 0 Å². The maximum absolute atomic E-state index is 12.7. The van der Waals surface area contributed by atoms with E-state index in [0.717, 1.165) is 51.4 Å². The summed E-state index contributed by atoms with van der Waals surface area (Å²) in [5, 5.41) is 10.3. The SMILES string of the molecule is CC/C=C\C/C=C\C/C=C\C/C=C\C/C=C\CCCC(=O)O[C@H](COC(=O)CCC[C@H](O)/C=C/C=C\C/C=C\C/C=C\CCCCC)COP(=O)([O-])OCC[N+](C)(C)C. The molecule has 0 radical (unpaired) electrons. The van der Waals surface area contributed by atoms with Gasteiger partial charge in [0.2, 0.25) is 0 Å². The Kier molecular flexibility index (Phi) is 36.6. The standard InChI is InChI=1S/C48H78NO9P/c1-6-8-10-12-14-16-18-20-21-22-23-25-27-29-31-33-35-39-48(52)58-46(44-57-59(53,54)56-42-41-49(3,4)5)43-55-47(51)40-36-38-45(50)37-34-32-30-28-26-24-19-17-15-13-11-9-7-2/h8,10,14-17,20-21,23-26,29-32,34,37,45-46,50H,6-7,9,11-13,18-19,22,27-28,33,35-36,38-44H2,1-5H3/b10-8-,16-14-,17-15-,21-20-,25-23-,26-24-,31-29-,32-30-,37-34+/t45-,46-/m1/s1. The second kappa shape index (κ2) is 38.8. The Balaban J connectivity index is 4.69. The van der Waals surface area contributed by atoms with Gasteiger partial charge < -0.3 is 33.0 Å². The largest absolute Gasteiger partial charge is 0.756 e. The van der Waals surface area contributed by atoms with Crippen molar-refractivity contribution in [3.05, 3.63) is 109 Å². The summed E-state index contributed by atoms with van der Waals surface area (Å²) in [6.07, 6.45) is 48.7. The molecule has 0 aromatic heterocycles. The number of hydrogen-bond donors (Lipinski definition) is 1. The number of carbonyl (C=O) groups excluding carboxylic acids is 2. The third-order valence-electron chi connectivity index (χ3n) is 8.38. The Morgan fingerprint density at radius 1 is 0.644 bits per heavy atom. The van der Waals surface area contributed by atoms with Gasteiger partial charge in [-0.05, 0) is 83.5 Å². The van der Waals surface area contributed by atoms with Crippen molar-refractivity contribution in [3.8, 4) is 0 Å². The summed E-state index contributed by atoms with van der Waals surface area (Å²) in [7, 11) is 1.01. The first-order valence-corrected chi connectivity index (χ1v) is 23.2. The lowest BCUT2D eigenvalue weighted by molar-refractivity contribution is -0.870. The number of rotatable bonds is 37. The van der Waals surface area contributed by atoms with Crippen molar-refractivity contribution in [2.45, 2.75) is 135 Å². The lowest BCUT2D eigenvalue weighted by atomic mass is 10.1. The molecule has 1 N–H and O–H groups in total. The molecule has 0 aliphatic rings. The zero-order chi connectivity index (χ0) is 43.7. The van der Waals surface area contributed by atoms with Gasteiger partial charge in [-0.3, -0.25) is 14.2 Å². The third-order valence-corrected chi connectivity index (χ3v) is 9.35. The third kappa shape index (κ3) is 42.6. The Bertz CT molecular complexity index is 1380. The number of ether oxygens (including phenoxy) is 2. The molecule has 0 aliphatic carbocycles. The predicted molar refractivity (Wildman–Crippen MR) is 241 cm³/mol. The van der Waals surface area contributed by atoms with Crippen LogP contribution in [0.4, 0.5) is 0 Å². The van der Waals surface area contributed by atoms with Gasteiger partial charge in [0.15, 0.2) is 6.10 Å². The highest BCUT2D eigenvalue weighted by atomic mass is 31.2. The minimum atomic E-state index is -4.69. The summed E-state index contributed by atoms with van der Waals surface area (Å²) < 4.78 is 33.6. The topological polar surface area (TPSA) is 131 Å². The summed E-state index contributed by atoms with van der Waals surface area (Å²) in [6.45, 7) is 3.75. The summed E-state index contributed by atoms with van der Waals surface area (Å²) in [5.74, 6) is -1.12. The van der Waals surface area contributed by atoms with Gasteiger partial charge in [0, 0.05) is 12.8 Å². The highest BCUT2D eigenvalue weighted by molar-refractivity contribution is 7.45. The van der Waals surface area contributed by atoms with E-state index < -0.39 is 38.6 Å². The van der Waals surface area contributed by atoms with E-state index in [1.807, 2.05) is 45.4 Å². The number of esters is 2. The molecule has 0 saturated carbocycles. The first-order valence-electron chi connectivity index (χ1n) is 21.7. The highest BCUT2D eigenvalue weighted by Gasteiger charge is 2.21. The fourth-order valence-electron chi connectivity index (χ4n) is 4.97. The number of allylic oxidation sites excluding steroid dienone is 17. The number of aliphatic hydroxyl groups is 1. The van der Waals surface area contributed by atoms with Crippen molar-refractivity contribution in [1.29, 1.82) is 0 Å². The fourth-order valence-corrected chi connectivity index (χ4v) is 5.70. The van der Waals surface area contributed by atoms with Crippen LogP contribution in [0.25, 0.3) is 0 Å². The molecule has 1 unspecified atom stereocenters. The molecule has 11 heteroatoms. The van der Waals surface area contributed by atoms with E-state index in [2.05, 4.69) is 86.8 Å². The number of nitrogens with zero attached hydrogens (tertiary/aromatic N) is 1. The van der Waals surface area contributed by atoms with Crippen LogP contribution in [0.1, 0.15) is 123 Å². The normalized spacial score (nSPS) is 15.2. The van der Waals surface area contributed by atoms with E-state index in [-0.39, 0.29) is 26.1 Å². The molecule has 0 saturated heterocycles. The maximum atomic E-state index is 12.7. The molecule has 0 aliphatic heterocycles. The van der Waals surface area contributed by atoms with Crippen molar-refractivity contribution in [2.24, 2.45) is 0 Å². The van der Waals surface area contributed by atoms with Gasteiger partial charge in [-0.2, -0.15) is 0 Å². The van der Waals surface area contributed by atoms with Crippen molar-refractivity contribution in [3.63, 3.8) is 0 Å². The molecule has 334 valence electrons. The average Bonchev–Trinajstić information content (AvgIpc) is 3.18. The summed E-state index contributed by atoms with van der Waals surface area (Å²) in [4.78, 5) is 37.5. The zero-order valence-corrected chi connectivity index (χ0v) is 37.9. The summed E-state index contributed by atoms with van der Waals surface area (Å²) in [6, 6.07) is 0. The molecule has 10 nitrogen and oxygen atoms in total. The van der Waals surface area contributed by atoms with Gasteiger partial charge in [0.1, 0.15) is 19.8 Å². The average molecular weight is 844 g/mol. The first kappa shape index (κ1) is 55.6. The lowest BCUT2D eigenvalue weighted by Crippen LogP contribution is -2.37. The Morgan fingerprint density at radius 3 is 1.73 bits per heavy atom. The predicted octanol–water partition coefficient (Wildman–Crippen LogP) is 10.7. The van der Waals surface area contributed by atoms with Gasteiger partial charge in [0.05, 0.1) is 33.9 Å². The number of likely N-dealkylation sites (N-methyl/N-ethyl adjacent to an activating group) is 1. The number of phosphoric ester groups is 1. The highest BCUT2D eigenvalue weighted by Crippen LogP contribution is 2.38. The molecule has 0 rings (SSSR count). The Labute approximate surface area is 358 Å². The van der Waals surface area contributed by atoms with Gasteiger partial charge in [-0.15, -0.1) is 0 Å². The van der Waals surface area contributed by atoms with E-state index in [0.29, 0.717) is 36.7 Å². The molecule has 0 heterocycles. The van der Waals surface area contributed by atoms with E-state index in [4.69, 9.17) is 18.5 Å². The lowest BCUT2D eigenvalue weighted by Gasteiger charge is -2.28.